The molecule has 22 heavy (non-hydrogen) atoms. The first-order valence-electron chi connectivity index (χ1n) is 7.67. The smallest absolute Gasteiger partial charge is 0.246 e. The molecule has 0 aliphatic carbocycles. The van der Waals surface area contributed by atoms with E-state index in [0.29, 0.717) is 6.54 Å². The standard InChI is InChI=1S/C18H24N2O2/c1-4-16(21)19(3)13-17(22)20-12-8-11-18(2,14-20)15-9-6-5-7-10-15/h4-7,9-10H,1,8,11-14H2,2-3H3. The maximum absolute atomic E-state index is 12.4. The number of hydrogen-bond acceptors (Lipinski definition) is 2. The van der Waals surface area contributed by atoms with Gasteiger partial charge in [0.05, 0.1) is 6.54 Å². The molecule has 1 aromatic carbocycles. The van der Waals surface area contributed by atoms with Gasteiger partial charge in [0.1, 0.15) is 0 Å². The Morgan fingerprint density at radius 3 is 2.68 bits per heavy atom. The van der Waals surface area contributed by atoms with Crippen LogP contribution in [0.4, 0.5) is 0 Å². The molecule has 4 heteroatoms. The molecular weight excluding hydrogens is 276 g/mol. The normalized spacial score (nSPS) is 21.3. The van der Waals surface area contributed by atoms with E-state index in [1.54, 1.807) is 7.05 Å². The number of hydrogen-bond donors (Lipinski definition) is 0. The van der Waals surface area contributed by atoms with E-state index in [-0.39, 0.29) is 23.8 Å². The molecule has 1 fully saturated rings. The minimum atomic E-state index is -0.226. The van der Waals surface area contributed by atoms with Crippen molar-refractivity contribution in [2.75, 3.05) is 26.7 Å². The number of benzene rings is 1. The highest BCUT2D eigenvalue weighted by molar-refractivity contribution is 5.90. The van der Waals surface area contributed by atoms with Crippen LogP contribution >= 0.6 is 0 Å². The van der Waals surface area contributed by atoms with Crippen LogP contribution in [-0.2, 0) is 15.0 Å². The summed E-state index contributed by atoms with van der Waals surface area (Å²) in [5.41, 5.74) is 1.25. The maximum atomic E-state index is 12.4. The predicted octanol–water partition coefficient (Wildman–Crippen LogP) is 2.21. The number of carbonyl (C=O) groups is 2. The van der Waals surface area contributed by atoms with Crippen molar-refractivity contribution in [2.45, 2.75) is 25.2 Å². The molecule has 4 nitrogen and oxygen atoms in total. The molecule has 1 heterocycles. The van der Waals surface area contributed by atoms with Crippen LogP contribution in [0, 0.1) is 0 Å². The Labute approximate surface area is 132 Å². The van der Waals surface area contributed by atoms with Gasteiger partial charge in [0.2, 0.25) is 11.8 Å². The molecular formula is C18H24N2O2. The molecule has 2 rings (SSSR count). The lowest BCUT2D eigenvalue weighted by Gasteiger charge is -2.41. The van der Waals surface area contributed by atoms with Crippen LogP contribution in [0.3, 0.4) is 0 Å². The van der Waals surface area contributed by atoms with Crippen molar-refractivity contribution in [3.63, 3.8) is 0 Å². The monoisotopic (exact) mass is 300 g/mol. The van der Waals surface area contributed by atoms with Gasteiger partial charge >= 0.3 is 0 Å². The topological polar surface area (TPSA) is 40.6 Å². The Kier molecular flexibility index (Phi) is 5.01. The fourth-order valence-electron chi connectivity index (χ4n) is 3.07. The Hall–Kier alpha value is -2.10. The molecule has 2 amide bonds. The average molecular weight is 300 g/mol. The summed E-state index contributed by atoms with van der Waals surface area (Å²) in [7, 11) is 1.63. The van der Waals surface area contributed by atoms with Gasteiger partial charge in [0.15, 0.2) is 0 Å². The molecule has 0 spiro atoms. The summed E-state index contributed by atoms with van der Waals surface area (Å²) in [4.78, 5) is 27.2. The lowest BCUT2D eigenvalue weighted by Crippen LogP contribution is -2.50. The second kappa shape index (κ2) is 6.77. The van der Waals surface area contributed by atoms with E-state index in [1.165, 1.54) is 16.5 Å². The second-order valence-corrected chi connectivity index (χ2v) is 6.24. The van der Waals surface area contributed by atoms with Crippen molar-refractivity contribution in [3.05, 3.63) is 48.6 Å². The van der Waals surface area contributed by atoms with Crippen molar-refractivity contribution in [1.29, 1.82) is 0 Å². The molecule has 118 valence electrons. The third-order valence-electron chi connectivity index (χ3n) is 4.44. The van der Waals surface area contributed by atoms with Crippen LogP contribution in [0.1, 0.15) is 25.3 Å². The number of nitrogens with zero attached hydrogens (tertiary/aromatic N) is 2. The molecule has 0 N–H and O–H groups in total. The zero-order valence-electron chi connectivity index (χ0n) is 13.4. The summed E-state index contributed by atoms with van der Waals surface area (Å²) in [5, 5.41) is 0. The SMILES string of the molecule is C=CC(=O)N(C)CC(=O)N1CCCC(C)(c2ccccc2)C1. The van der Waals surface area contributed by atoms with E-state index in [9.17, 15) is 9.59 Å². The molecule has 1 saturated heterocycles. The van der Waals surface area contributed by atoms with E-state index in [1.807, 2.05) is 23.1 Å². The summed E-state index contributed by atoms with van der Waals surface area (Å²) in [5.74, 6) is -0.226. The molecule has 1 aliphatic heterocycles. The average Bonchev–Trinajstić information content (AvgIpc) is 2.54. The highest BCUT2D eigenvalue weighted by atomic mass is 16.2. The Balaban J connectivity index is 2.06. The van der Waals surface area contributed by atoms with E-state index in [2.05, 4.69) is 25.6 Å². The molecule has 1 aliphatic rings. The summed E-state index contributed by atoms with van der Waals surface area (Å²) in [6.07, 6.45) is 3.29. The van der Waals surface area contributed by atoms with Crippen LogP contribution in [0.5, 0.6) is 0 Å². The van der Waals surface area contributed by atoms with Gasteiger partial charge in [-0.25, -0.2) is 0 Å². The Morgan fingerprint density at radius 2 is 2.05 bits per heavy atom. The maximum Gasteiger partial charge on any atom is 0.246 e. The van der Waals surface area contributed by atoms with Crippen LogP contribution in [0.2, 0.25) is 0 Å². The lowest BCUT2D eigenvalue weighted by molar-refractivity contribution is -0.138. The molecule has 1 aromatic rings. The van der Waals surface area contributed by atoms with Gasteiger partial charge in [0, 0.05) is 25.6 Å². The zero-order valence-corrected chi connectivity index (χ0v) is 13.4. The molecule has 1 unspecified atom stereocenters. The third kappa shape index (κ3) is 3.56. The number of amides is 2. The van der Waals surface area contributed by atoms with E-state index < -0.39 is 0 Å². The molecule has 0 aromatic heterocycles. The van der Waals surface area contributed by atoms with E-state index >= 15 is 0 Å². The van der Waals surface area contributed by atoms with Gasteiger partial charge in [-0.2, -0.15) is 0 Å². The van der Waals surface area contributed by atoms with E-state index in [4.69, 9.17) is 0 Å². The van der Waals surface area contributed by atoms with Gasteiger partial charge in [-0.1, -0.05) is 43.8 Å². The molecule has 1 atom stereocenters. The fraction of sp³-hybridized carbons (Fsp3) is 0.444. The van der Waals surface area contributed by atoms with Crippen LogP contribution < -0.4 is 0 Å². The number of piperidine rings is 1. The van der Waals surface area contributed by atoms with Crippen LogP contribution in [0.15, 0.2) is 43.0 Å². The van der Waals surface area contributed by atoms with Crippen molar-refractivity contribution < 1.29 is 9.59 Å². The second-order valence-electron chi connectivity index (χ2n) is 6.24. The van der Waals surface area contributed by atoms with Crippen molar-refractivity contribution in [2.24, 2.45) is 0 Å². The largest absolute Gasteiger partial charge is 0.340 e. The first-order chi connectivity index (χ1) is 10.5. The molecule has 0 bridgehead atoms. The van der Waals surface area contributed by atoms with E-state index in [0.717, 1.165) is 19.4 Å². The number of likely N-dealkylation sites (N-methyl/N-ethyl adjacent to an activating group) is 1. The summed E-state index contributed by atoms with van der Waals surface area (Å²) in [6, 6.07) is 10.3. The predicted molar refractivity (Wildman–Crippen MR) is 87.4 cm³/mol. The van der Waals surface area contributed by atoms with Gasteiger partial charge in [-0.3, -0.25) is 9.59 Å². The van der Waals surface area contributed by atoms with Crippen molar-refractivity contribution in [1.82, 2.24) is 9.80 Å². The zero-order chi connectivity index (χ0) is 16.2. The van der Waals surface area contributed by atoms with Crippen LogP contribution in [0.25, 0.3) is 0 Å². The highest BCUT2D eigenvalue weighted by Gasteiger charge is 2.34. The number of likely N-dealkylation sites (tertiary alicyclic amines) is 1. The highest BCUT2D eigenvalue weighted by Crippen LogP contribution is 2.33. The lowest BCUT2D eigenvalue weighted by atomic mass is 9.76. The van der Waals surface area contributed by atoms with Gasteiger partial charge in [-0.15, -0.1) is 0 Å². The van der Waals surface area contributed by atoms with Crippen molar-refractivity contribution in [3.8, 4) is 0 Å². The van der Waals surface area contributed by atoms with Gasteiger partial charge in [-0.05, 0) is 24.5 Å². The van der Waals surface area contributed by atoms with Gasteiger partial charge < -0.3 is 9.80 Å². The number of carbonyl (C=O) groups excluding carboxylic acids is 2. The fourth-order valence-corrected chi connectivity index (χ4v) is 3.07. The summed E-state index contributed by atoms with van der Waals surface area (Å²) < 4.78 is 0. The van der Waals surface area contributed by atoms with Crippen molar-refractivity contribution >= 4 is 11.8 Å². The Bertz CT molecular complexity index is 555. The summed E-state index contributed by atoms with van der Waals surface area (Å²) in [6.45, 7) is 7.23. The van der Waals surface area contributed by atoms with Crippen LogP contribution in [-0.4, -0.2) is 48.3 Å². The van der Waals surface area contributed by atoms with Gasteiger partial charge in [0.25, 0.3) is 0 Å². The minimum Gasteiger partial charge on any atom is -0.340 e. The first kappa shape index (κ1) is 16.3. The Morgan fingerprint density at radius 1 is 1.36 bits per heavy atom. The number of rotatable bonds is 4. The molecule has 0 radical (unpaired) electrons. The first-order valence-corrected chi connectivity index (χ1v) is 7.67. The minimum absolute atomic E-state index is 0.000411. The third-order valence-corrected chi connectivity index (χ3v) is 4.44. The quantitative estimate of drug-likeness (QED) is 0.800. The molecule has 0 saturated carbocycles. The summed E-state index contributed by atoms with van der Waals surface area (Å²) >= 11 is 0.